The Morgan fingerprint density at radius 2 is 1.55 bits per heavy atom. The van der Waals surface area contributed by atoms with E-state index < -0.39 is 0 Å². The van der Waals surface area contributed by atoms with Crippen LogP contribution in [0.5, 0.6) is 0 Å². The number of carbonyl (C=O) groups is 1. The van der Waals surface area contributed by atoms with Gasteiger partial charge in [-0.2, -0.15) is 0 Å². The highest BCUT2D eigenvalue weighted by atomic mass is 16.5. The van der Waals surface area contributed by atoms with E-state index in [4.69, 9.17) is 4.74 Å². The number of nitrogens with zero attached hydrogens (tertiary/aromatic N) is 2. The number of carbonyl (C=O) groups excluding carboxylic acids is 1. The van der Waals surface area contributed by atoms with E-state index in [0.29, 0.717) is 23.3 Å². The highest BCUT2D eigenvalue weighted by Gasteiger charge is 2.39. The molecule has 180 valence electrons. The predicted molar refractivity (Wildman–Crippen MR) is 129 cm³/mol. The molecule has 4 nitrogen and oxygen atoms in total. The molecule has 2 saturated heterocycles. The standard InChI is InChI=1S/C27H50N2O2/c1-20(2)31-16-11-22-7-14-29(15-8-22)26(30)25-17-23(18-25)19-28-12-9-24(10-13-28)21(3)27(4,5)6/h20-25H,7-19H2,1-6H3. The fourth-order valence-electron chi connectivity index (χ4n) is 5.96. The lowest BCUT2D eigenvalue weighted by Crippen LogP contribution is -2.48. The van der Waals surface area contributed by atoms with E-state index in [2.05, 4.69) is 51.3 Å². The zero-order chi connectivity index (χ0) is 22.6. The van der Waals surface area contributed by atoms with E-state index >= 15 is 0 Å². The van der Waals surface area contributed by atoms with Crippen LogP contribution < -0.4 is 0 Å². The Morgan fingerprint density at radius 1 is 0.935 bits per heavy atom. The summed E-state index contributed by atoms with van der Waals surface area (Å²) < 4.78 is 5.71. The maximum Gasteiger partial charge on any atom is 0.225 e. The van der Waals surface area contributed by atoms with Crippen LogP contribution in [0.1, 0.15) is 86.5 Å². The Hall–Kier alpha value is -0.610. The third-order valence-corrected chi connectivity index (χ3v) is 8.71. The molecule has 0 aromatic heterocycles. The van der Waals surface area contributed by atoms with Gasteiger partial charge in [0.25, 0.3) is 0 Å². The molecule has 0 aromatic carbocycles. The van der Waals surface area contributed by atoms with Gasteiger partial charge in [-0.3, -0.25) is 4.79 Å². The normalized spacial score (nSPS) is 28.0. The largest absolute Gasteiger partial charge is 0.379 e. The van der Waals surface area contributed by atoms with Crippen molar-refractivity contribution in [2.75, 3.05) is 39.3 Å². The first-order valence-electron chi connectivity index (χ1n) is 13.3. The Morgan fingerprint density at radius 3 is 2.10 bits per heavy atom. The smallest absolute Gasteiger partial charge is 0.225 e. The van der Waals surface area contributed by atoms with Gasteiger partial charge in [-0.05, 0) is 101 Å². The van der Waals surface area contributed by atoms with E-state index in [1.54, 1.807) is 0 Å². The molecule has 1 atom stereocenters. The summed E-state index contributed by atoms with van der Waals surface area (Å²) in [4.78, 5) is 17.8. The fraction of sp³-hybridized carbons (Fsp3) is 0.963. The maximum atomic E-state index is 12.9. The lowest BCUT2D eigenvalue weighted by Gasteiger charge is -2.44. The number of hydrogen-bond donors (Lipinski definition) is 0. The summed E-state index contributed by atoms with van der Waals surface area (Å²) in [6.45, 7) is 20.3. The summed E-state index contributed by atoms with van der Waals surface area (Å²) in [6.07, 6.45) is 8.74. The second kappa shape index (κ2) is 11.0. The minimum atomic E-state index is 0.310. The molecular formula is C27H50N2O2. The van der Waals surface area contributed by atoms with Gasteiger partial charge in [0.05, 0.1) is 6.10 Å². The monoisotopic (exact) mass is 434 g/mol. The van der Waals surface area contributed by atoms with Gasteiger partial charge in [0.1, 0.15) is 0 Å². The van der Waals surface area contributed by atoms with Crippen molar-refractivity contribution in [3.05, 3.63) is 0 Å². The molecule has 0 bridgehead atoms. The van der Waals surface area contributed by atoms with Gasteiger partial charge < -0.3 is 14.5 Å². The van der Waals surface area contributed by atoms with Crippen LogP contribution in [0.25, 0.3) is 0 Å². The van der Waals surface area contributed by atoms with Gasteiger partial charge in [0.15, 0.2) is 0 Å². The maximum absolute atomic E-state index is 12.9. The Kier molecular flexibility index (Phi) is 8.88. The molecular weight excluding hydrogens is 384 g/mol. The van der Waals surface area contributed by atoms with Crippen molar-refractivity contribution >= 4 is 5.91 Å². The molecule has 0 spiro atoms. The van der Waals surface area contributed by atoms with E-state index in [1.165, 1.54) is 32.5 Å². The van der Waals surface area contributed by atoms with Crippen LogP contribution in [0.2, 0.25) is 0 Å². The lowest BCUT2D eigenvalue weighted by atomic mass is 9.70. The first kappa shape index (κ1) is 25.0. The quantitative estimate of drug-likeness (QED) is 0.508. The summed E-state index contributed by atoms with van der Waals surface area (Å²) in [5.74, 6) is 3.92. The first-order valence-corrected chi connectivity index (χ1v) is 13.3. The van der Waals surface area contributed by atoms with E-state index in [1.807, 2.05) is 0 Å². The molecule has 1 saturated carbocycles. The molecule has 1 aliphatic carbocycles. The Labute approximate surface area is 192 Å². The highest BCUT2D eigenvalue weighted by molar-refractivity contribution is 5.79. The SMILES string of the molecule is CC(C)OCCC1CCN(C(=O)C2CC(CN3CCC(C(C)C(C)(C)C)CC3)C2)CC1. The molecule has 1 amide bonds. The van der Waals surface area contributed by atoms with Gasteiger partial charge in [-0.15, -0.1) is 0 Å². The summed E-state index contributed by atoms with van der Waals surface area (Å²) in [6, 6.07) is 0. The average molecular weight is 435 g/mol. The molecule has 0 N–H and O–H groups in total. The van der Waals surface area contributed by atoms with Gasteiger partial charge in [-0.25, -0.2) is 0 Å². The topological polar surface area (TPSA) is 32.8 Å². The van der Waals surface area contributed by atoms with Crippen molar-refractivity contribution < 1.29 is 9.53 Å². The van der Waals surface area contributed by atoms with E-state index in [0.717, 1.165) is 75.5 Å². The van der Waals surface area contributed by atoms with Crippen molar-refractivity contribution in [3.63, 3.8) is 0 Å². The minimum Gasteiger partial charge on any atom is -0.379 e. The first-order chi connectivity index (χ1) is 14.6. The Balaban J connectivity index is 1.29. The molecule has 1 unspecified atom stereocenters. The molecule has 3 aliphatic rings. The average Bonchev–Trinajstić information content (AvgIpc) is 2.69. The number of ether oxygens (including phenoxy) is 1. The van der Waals surface area contributed by atoms with Crippen LogP contribution in [-0.2, 0) is 9.53 Å². The van der Waals surface area contributed by atoms with Gasteiger partial charge in [0.2, 0.25) is 5.91 Å². The van der Waals surface area contributed by atoms with Crippen molar-refractivity contribution in [2.45, 2.75) is 92.6 Å². The third-order valence-electron chi connectivity index (χ3n) is 8.71. The fourth-order valence-corrected chi connectivity index (χ4v) is 5.96. The van der Waals surface area contributed by atoms with E-state index in [-0.39, 0.29) is 0 Å². The van der Waals surface area contributed by atoms with Crippen LogP contribution >= 0.6 is 0 Å². The molecule has 4 heteroatoms. The van der Waals surface area contributed by atoms with Crippen LogP contribution in [0.15, 0.2) is 0 Å². The zero-order valence-corrected chi connectivity index (χ0v) is 21.4. The van der Waals surface area contributed by atoms with Crippen molar-refractivity contribution in [1.29, 1.82) is 0 Å². The summed E-state index contributed by atoms with van der Waals surface area (Å²) >= 11 is 0. The van der Waals surface area contributed by atoms with Gasteiger partial charge in [0, 0.05) is 32.2 Å². The van der Waals surface area contributed by atoms with Crippen LogP contribution in [-0.4, -0.2) is 61.1 Å². The molecule has 2 heterocycles. The van der Waals surface area contributed by atoms with E-state index in [9.17, 15) is 4.79 Å². The summed E-state index contributed by atoms with van der Waals surface area (Å²) in [7, 11) is 0. The molecule has 0 radical (unpaired) electrons. The van der Waals surface area contributed by atoms with Gasteiger partial charge in [-0.1, -0.05) is 27.7 Å². The third kappa shape index (κ3) is 7.19. The number of hydrogen-bond acceptors (Lipinski definition) is 3. The zero-order valence-electron chi connectivity index (χ0n) is 21.4. The highest BCUT2D eigenvalue weighted by Crippen LogP contribution is 2.39. The predicted octanol–water partition coefficient (Wildman–Crippen LogP) is 5.46. The van der Waals surface area contributed by atoms with Crippen LogP contribution in [0.3, 0.4) is 0 Å². The lowest BCUT2D eigenvalue weighted by molar-refractivity contribution is -0.141. The Bertz CT molecular complexity index is 548. The summed E-state index contributed by atoms with van der Waals surface area (Å²) in [5, 5.41) is 0. The van der Waals surface area contributed by atoms with Crippen molar-refractivity contribution in [1.82, 2.24) is 9.80 Å². The number of piperidine rings is 2. The van der Waals surface area contributed by atoms with Crippen LogP contribution in [0.4, 0.5) is 0 Å². The second-order valence-corrected chi connectivity index (χ2v) is 12.3. The number of likely N-dealkylation sites (tertiary alicyclic amines) is 2. The molecule has 0 aromatic rings. The molecule has 3 rings (SSSR count). The molecule has 3 fully saturated rings. The van der Waals surface area contributed by atoms with Gasteiger partial charge >= 0.3 is 0 Å². The molecule has 31 heavy (non-hydrogen) atoms. The number of rotatable bonds is 8. The number of amides is 1. The second-order valence-electron chi connectivity index (χ2n) is 12.3. The minimum absolute atomic E-state index is 0.310. The summed E-state index contributed by atoms with van der Waals surface area (Å²) in [5.41, 5.74) is 0.421. The van der Waals surface area contributed by atoms with Crippen LogP contribution in [0, 0.1) is 35.0 Å². The van der Waals surface area contributed by atoms with Crippen molar-refractivity contribution in [3.8, 4) is 0 Å². The molecule has 2 aliphatic heterocycles. The van der Waals surface area contributed by atoms with Crippen molar-refractivity contribution in [2.24, 2.45) is 35.0 Å².